The smallest absolute Gasteiger partial charge is 0.169 e. The number of fused-ring (bicyclic) bond motifs is 1. The molecule has 0 unspecified atom stereocenters. The van der Waals surface area contributed by atoms with E-state index >= 15 is 0 Å². The minimum atomic E-state index is -2.32. The number of nitrogens with one attached hydrogen (secondary N) is 1. The van der Waals surface area contributed by atoms with Crippen molar-refractivity contribution in [3.05, 3.63) is 42.5 Å². The van der Waals surface area contributed by atoms with Crippen molar-refractivity contribution in [3.63, 3.8) is 0 Å². The van der Waals surface area contributed by atoms with Crippen molar-refractivity contribution in [1.82, 2.24) is 19.5 Å². The van der Waals surface area contributed by atoms with E-state index in [1.165, 1.54) is 12.8 Å². The van der Waals surface area contributed by atoms with E-state index in [1.807, 2.05) is 35.2 Å². The zero-order valence-corrected chi connectivity index (χ0v) is 20.5. The molecule has 0 atom stereocenters. The van der Waals surface area contributed by atoms with Crippen LogP contribution in [0, 0.1) is 5.92 Å². The molecular weight excluding hydrogens is 417 g/mol. The molecule has 2 aromatic heterocycles. The van der Waals surface area contributed by atoms with Crippen LogP contribution in [0.25, 0.3) is 17.4 Å². The van der Waals surface area contributed by atoms with Crippen LogP contribution in [-0.2, 0) is 4.57 Å². The lowest BCUT2D eigenvalue weighted by Crippen LogP contribution is -2.11. The fraction of sp³-hybridized carbons (Fsp3) is 0.480. The first-order valence-corrected chi connectivity index (χ1v) is 13.9. The maximum absolute atomic E-state index is 13.4. The van der Waals surface area contributed by atoms with E-state index in [9.17, 15) is 4.57 Å². The third-order valence-corrected chi connectivity index (χ3v) is 9.44. The molecule has 0 spiro atoms. The number of hydrogen-bond acceptors (Lipinski definition) is 5. The van der Waals surface area contributed by atoms with Crippen LogP contribution in [0.4, 0.5) is 11.5 Å². The first-order chi connectivity index (χ1) is 15.4. The number of hydrogen-bond donors (Lipinski definition) is 1. The van der Waals surface area contributed by atoms with Gasteiger partial charge in [0.05, 0.1) is 0 Å². The Hall–Kier alpha value is -2.46. The molecule has 0 radical (unpaired) electrons. The van der Waals surface area contributed by atoms with Crippen molar-refractivity contribution in [1.29, 1.82) is 0 Å². The Morgan fingerprint density at radius 2 is 1.81 bits per heavy atom. The third kappa shape index (κ3) is 4.96. The molecule has 1 saturated carbocycles. The highest BCUT2D eigenvalue weighted by Crippen LogP contribution is 2.45. The van der Waals surface area contributed by atoms with E-state index in [0.29, 0.717) is 11.7 Å². The fourth-order valence-corrected chi connectivity index (χ4v) is 6.81. The molecule has 0 amide bonds. The van der Waals surface area contributed by atoms with E-state index in [4.69, 9.17) is 9.97 Å². The molecule has 2 heterocycles. The SMILES string of the molecule is CCCP(=O)(CCC)c1ccc(Nc2nc(C(C)C)nc3c2ncn3/C=C/C2CC2)cc1. The summed E-state index contributed by atoms with van der Waals surface area (Å²) in [7, 11) is -2.32. The molecule has 1 fully saturated rings. The van der Waals surface area contributed by atoms with Crippen molar-refractivity contribution in [2.75, 3.05) is 17.6 Å². The van der Waals surface area contributed by atoms with Crippen molar-refractivity contribution >= 4 is 41.3 Å². The summed E-state index contributed by atoms with van der Waals surface area (Å²) in [6.07, 6.45) is 12.0. The molecule has 0 bridgehead atoms. The van der Waals surface area contributed by atoms with Gasteiger partial charge in [-0.3, -0.25) is 4.57 Å². The summed E-state index contributed by atoms with van der Waals surface area (Å²) in [6, 6.07) is 8.01. The minimum absolute atomic E-state index is 0.201. The van der Waals surface area contributed by atoms with Gasteiger partial charge in [-0.1, -0.05) is 33.8 Å². The van der Waals surface area contributed by atoms with Gasteiger partial charge in [-0.15, -0.1) is 0 Å². The van der Waals surface area contributed by atoms with Crippen LogP contribution < -0.4 is 10.6 Å². The van der Waals surface area contributed by atoms with Crippen LogP contribution >= 0.6 is 7.14 Å². The lowest BCUT2D eigenvalue weighted by molar-refractivity contribution is 0.579. The van der Waals surface area contributed by atoms with Crippen LogP contribution in [0.5, 0.6) is 0 Å². The highest BCUT2D eigenvalue weighted by Gasteiger charge is 2.23. The molecular formula is C25H34N5OP. The normalized spacial score (nSPS) is 14.7. The Bertz CT molecular complexity index is 1140. The Balaban J connectivity index is 1.65. The summed E-state index contributed by atoms with van der Waals surface area (Å²) in [4.78, 5) is 14.2. The quantitative estimate of drug-likeness (QED) is 0.362. The highest BCUT2D eigenvalue weighted by atomic mass is 31.2. The van der Waals surface area contributed by atoms with Gasteiger partial charge in [-0.05, 0) is 55.9 Å². The molecule has 4 rings (SSSR count). The van der Waals surface area contributed by atoms with Gasteiger partial charge in [0, 0.05) is 35.4 Å². The van der Waals surface area contributed by atoms with E-state index in [0.717, 1.165) is 53.1 Å². The first kappa shape index (κ1) is 22.7. The topological polar surface area (TPSA) is 72.7 Å². The molecule has 1 aliphatic carbocycles. The standard InChI is InChI=1S/C25H34N5OP/c1-5-15-32(31,16-6-2)21-11-9-20(10-12-21)27-24-22-25(29-23(28-24)18(3)4)30(17-26-22)14-13-19-7-8-19/h9-14,17-19H,5-8,15-16H2,1-4H3,(H,27,28,29)/b14-13+. The van der Waals surface area contributed by atoms with Crippen LogP contribution in [0.15, 0.2) is 36.7 Å². The molecule has 1 N–H and O–H groups in total. The summed E-state index contributed by atoms with van der Waals surface area (Å²) in [5.74, 6) is 2.38. The predicted octanol–water partition coefficient (Wildman–Crippen LogP) is 6.38. The van der Waals surface area contributed by atoms with Gasteiger partial charge in [0.25, 0.3) is 0 Å². The monoisotopic (exact) mass is 451 g/mol. The summed E-state index contributed by atoms with van der Waals surface area (Å²) in [6.45, 7) is 8.40. The molecule has 1 aliphatic rings. The number of nitrogens with zero attached hydrogens (tertiary/aromatic N) is 4. The van der Waals surface area contributed by atoms with Gasteiger partial charge < -0.3 is 9.88 Å². The van der Waals surface area contributed by atoms with Gasteiger partial charge in [0.2, 0.25) is 0 Å². The summed E-state index contributed by atoms with van der Waals surface area (Å²) >= 11 is 0. The van der Waals surface area contributed by atoms with Gasteiger partial charge in [0.15, 0.2) is 17.0 Å². The maximum Gasteiger partial charge on any atom is 0.169 e. The third-order valence-electron chi connectivity index (χ3n) is 5.87. The number of allylic oxidation sites excluding steroid dienone is 1. The predicted molar refractivity (Wildman–Crippen MR) is 135 cm³/mol. The van der Waals surface area contributed by atoms with E-state index in [2.05, 4.69) is 50.3 Å². The van der Waals surface area contributed by atoms with Crippen LogP contribution in [0.3, 0.4) is 0 Å². The van der Waals surface area contributed by atoms with Crippen LogP contribution in [-0.4, -0.2) is 31.8 Å². The van der Waals surface area contributed by atoms with Gasteiger partial charge in [-0.2, -0.15) is 0 Å². The zero-order valence-electron chi connectivity index (χ0n) is 19.6. The van der Waals surface area contributed by atoms with Crippen molar-refractivity contribution in [3.8, 4) is 0 Å². The summed E-state index contributed by atoms with van der Waals surface area (Å²) < 4.78 is 15.4. The number of rotatable bonds is 10. The Labute approximate surface area is 191 Å². The second kappa shape index (κ2) is 9.58. The van der Waals surface area contributed by atoms with E-state index < -0.39 is 7.14 Å². The molecule has 170 valence electrons. The Morgan fingerprint density at radius 3 is 2.41 bits per heavy atom. The summed E-state index contributed by atoms with van der Waals surface area (Å²) in [5, 5.41) is 4.40. The van der Waals surface area contributed by atoms with Gasteiger partial charge in [0.1, 0.15) is 19.3 Å². The second-order valence-electron chi connectivity index (χ2n) is 9.10. The van der Waals surface area contributed by atoms with Crippen molar-refractivity contribution in [2.45, 2.75) is 59.3 Å². The largest absolute Gasteiger partial charge is 0.338 e. The van der Waals surface area contributed by atoms with Crippen molar-refractivity contribution in [2.24, 2.45) is 5.92 Å². The number of benzene rings is 1. The van der Waals surface area contributed by atoms with E-state index in [-0.39, 0.29) is 5.92 Å². The van der Waals surface area contributed by atoms with Crippen LogP contribution in [0.1, 0.15) is 65.1 Å². The first-order valence-electron chi connectivity index (χ1n) is 11.8. The van der Waals surface area contributed by atoms with Gasteiger partial charge >= 0.3 is 0 Å². The average molecular weight is 452 g/mol. The molecule has 0 saturated heterocycles. The molecule has 6 nitrogen and oxygen atoms in total. The number of imidazole rings is 1. The van der Waals surface area contributed by atoms with Gasteiger partial charge in [-0.25, -0.2) is 15.0 Å². The number of anilines is 2. The molecule has 32 heavy (non-hydrogen) atoms. The Morgan fingerprint density at radius 1 is 1.12 bits per heavy atom. The van der Waals surface area contributed by atoms with Crippen LogP contribution in [0.2, 0.25) is 0 Å². The fourth-order valence-electron chi connectivity index (χ4n) is 3.94. The molecule has 1 aromatic carbocycles. The Kier molecular flexibility index (Phi) is 6.80. The minimum Gasteiger partial charge on any atom is -0.338 e. The molecule has 3 aromatic rings. The number of aromatic nitrogens is 4. The zero-order chi connectivity index (χ0) is 22.7. The summed E-state index contributed by atoms with van der Waals surface area (Å²) in [5.41, 5.74) is 2.47. The highest BCUT2D eigenvalue weighted by molar-refractivity contribution is 7.71. The lowest BCUT2D eigenvalue weighted by atomic mass is 10.2. The average Bonchev–Trinajstić information content (AvgIpc) is 3.51. The maximum atomic E-state index is 13.4. The van der Waals surface area contributed by atoms with Crippen molar-refractivity contribution < 1.29 is 4.57 Å². The molecule has 7 heteroatoms. The van der Waals surface area contributed by atoms with E-state index in [1.54, 1.807) is 0 Å². The lowest BCUT2D eigenvalue weighted by Gasteiger charge is -2.18. The molecule has 0 aliphatic heterocycles. The second-order valence-corrected chi connectivity index (χ2v) is 12.3.